The maximum absolute atomic E-state index is 14.1. The summed E-state index contributed by atoms with van der Waals surface area (Å²) in [6.45, 7) is 27.9. The summed E-state index contributed by atoms with van der Waals surface area (Å²) < 4.78 is 49.6. The number of aryl methyl sites for hydroxylation is 1. The lowest BCUT2D eigenvalue weighted by Crippen LogP contribution is -2.38. The monoisotopic (exact) mass is 1650 g/mol. The number of likely N-dealkylation sites (N-methyl/N-ethyl adjacent to an activating group) is 2. The number of nitrogens with one attached hydrogen (secondary N) is 4. The highest BCUT2D eigenvalue weighted by atomic mass is 19.2. The van der Waals surface area contributed by atoms with E-state index in [4.69, 9.17) is 19.9 Å². The smallest absolute Gasteiger partial charge is 0.255 e. The van der Waals surface area contributed by atoms with Crippen LogP contribution in [0.2, 0.25) is 0 Å². The molecule has 628 valence electrons. The minimum Gasteiger partial charge on any atom is -0.370 e. The van der Waals surface area contributed by atoms with Crippen molar-refractivity contribution in [3.63, 3.8) is 0 Å². The van der Waals surface area contributed by atoms with Crippen molar-refractivity contribution in [2.75, 3.05) is 139 Å². The van der Waals surface area contributed by atoms with Crippen LogP contribution in [0.4, 0.5) is 35.9 Å². The first-order valence-electron chi connectivity index (χ1n) is 42.3. The van der Waals surface area contributed by atoms with Crippen molar-refractivity contribution in [2.24, 2.45) is 23.7 Å². The van der Waals surface area contributed by atoms with Crippen LogP contribution in [0, 0.1) is 48.0 Å². The minimum absolute atomic E-state index is 0.102. The number of hydrogen-bond acceptors (Lipinski definition) is 18. The number of carbonyl (C=O) groups excluding carboxylic acids is 4. The van der Waals surface area contributed by atoms with Crippen molar-refractivity contribution in [1.29, 1.82) is 0 Å². The number of aromatic nitrogens is 12. The van der Waals surface area contributed by atoms with Crippen LogP contribution in [0.15, 0.2) is 146 Å². The van der Waals surface area contributed by atoms with Gasteiger partial charge in [-0.15, -0.1) is 0 Å². The average Bonchev–Trinajstić information content (AvgIpc) is 1.58. The summed E-state index contributed by atoms with van der Waals surface area (Å²) in [5.74, 6) is -0.621. The molecule has 0 unspecified atom stereocenters. The number of benzene rings is 4. The Bertz CT molecular complexity index is 6780. The summed E-state index contributed by atoms with van der Waals surface area (Å²) in [6.07, 6.45) is 11.8. The molecule has 0 spiro atoms. The number of pyridine rings is 8. The molecule has 4 aliphatic heterocycles. The summed E-state index contributed by atoms with van der Waals surface area (Å²) in [5.41, 5.74) is 17.9. The van der Waals surface area contributed by atoms with Gasteiger partial charge in [0.15, 0.2) is 34.2 Å². The third-order valence-corrected chi connectivity index (χ3v) is 24.1. The predicted octanol–water partition coefficient (Wildman–Crippen LogP) is 14.3. The summed E-state index contributed by atoms with van der Waals surface area (Å²) in [6, 6.07) is 36.5. The quantitative estimate of drug-likeness (QED) is 0.0992. The molecule has 4 atom stereocenters. The maximum Gasteiger partial charge on any atom is 0.255 e. The second kappa shape index (κ2) is 34.0. The number of rotatable bonds is 10. The number of anilines is 4. The van der Waals surface area contributed by atoms with Crippen LogP contribution in [0.25, 0.3) is 111 Å². The van der Waals surface area contributed by atoms with Crippen LogP contribution in [-0.2, 0) is 0 Å². The fourth-order valence-electron chi connectivity index (χ4n) is 18.7. The van der Waals surface area contributed by atoms with Crippen molar-refractivity contribution in [3.05, 3.63) is 191 Å². The Morgan fingerprint density at radius 2 is 0.738 bits per heavy atom. The Labute approximate surface area is 703 Å². The number of halogens is 3. The number of nitrogens with zero attached hydrogens (tertiary/aromatic N) is 18. The predicted molar refractivity (Wildman–Crippen MR) is 478 cm³/mol. The molecule has 4 amide bonds. The van der Waals surface area contributed by atoms with Gasteiger partial charge in [-0.05, 0) is 188 Å². The molecule has 4 N–H and O–H groups in total. The number of hydrogen-bond donors (Lipinski definition) is 4. The lowest BCUT2D eigenvalue weighted by Gasteiger charge is -2.37. The number of amides is 4. The topological polar surface area (TPSA) is 257 Å². The number of fused-ring (bicyclic) bond motifs is 20. The molecule has 26 nitrogen and oxygen atoms in total. The highest BCUT2D eigenvalue weighted by Gasteiger charge is 2.31. The van der Waals surface area contributed by atoms with Gasteiger partial charge < -0.3 is 50.7 Å². The summed E-state index contributed by atoms with van der Waals surface area (Å²) in [5, 5.41) is 14.9. The van der Waals surface area contributed by atoms with Gasteiger partial charge in [0, 0.05) is 180 Å². The minimum atomic E-state index is -0.982. The number of imidazole rings is 4. The van der Waals surface area contributed by atoms with E-state index in [9.17, 15) is 32.3 Å². The van der Waals surface area contributed by atoms with E-state index < -0.39 is 11.6 Å². The van der Waals surface area contributed by atoms with E-state index >= 15 is 0 Å². The SMILES string of the molecule is CCNC(=O)c1cc2c(N3CCCN(C)CC3)ccnc2n2c1nc1ccc(C)cc12.CCNC(=O)c1cc2c(N3C[C@H](C)C[C@H](C)C3)ccnc2n2c1nc1ccccc12.CNC(=O)c1cc2c(N3CCCN(C)CC3)ccnc2n2c1nc1cc(F)c(F)cc12.CNC(=O)c1cc2c(N3C[C@H](C)C[C@H](C)C3)ccnc2n2c1nc1ccc(F)cc12. The molecule has 0 radical (unpaired) electrons. The van der Waals surface area contributed by atoms with Crippen molar-refractivity contribution < 1.29 is 32.3 Å². The van der Waals surface area contributed by atoms with E-state index in [2.05, 4.69) is 148 Å². The van der Waals surface area contributed by atoms with Gasteiger partial charge in [0.05, 0.1) is 66.4 Å². The first kappa shape index (κ1) is 81.5. The zero-order valence-electron chi connectivity index (χ0n) is 70.7. The van der Waals surface area contributed by atoms with Crippen LogP contribution in [0.5, 0.6) is 0 Å². The van der Waals surface area contributed by atoms with Gasteiger partial charge in [-0.1, -0.05) is 45.9 Å². The van der Waals surface area contributed by atoms with Gasteiger partial charge in [-0.25, -0.2) is 53.0 Å². The van der Waals surface area contributed by atoms with E-state index in [0.29, 0.717) is 109 Å². The summed E-state index contributed by atoms with van der Waals surface area (Å²) in [7, 11) is 7.42. The molecule has 20 rings (SSSR count). The highest BCUT2D eigenvalue weighted by molar-refractivity contribution is 6.12. The molecule has 0 bridgehead atoms. The van der Waals surface area contributed by atoms with E-state index in [1.807, 2.05) is 91.3 Å². The van der Waals surface area contributed by atoms with Crippen molar-refractivity contribution >= 4 is 157 Å². The fraction of sp³-hybridized carbons (Fsp3) is 0.355. The molecule has 16 heterocycles. The molecule has 0 saturated carbocycles. The first-order valence-corrected chi connectivity index (χ1v) is 42.3. The van der Waals surface area contributed by atoms with Gasteiger partial charge in [-0.2, -0.15) is 0 Å². The van der Waals surface area contributed by atoms with Gasteiger partial charge in [0.1, 0.15) is 28.4 Å². The summed E-state index contributed by atoms with van der Waals surface area (Å²) in [4.78, 5) is 103. The Morgan fingerprint density at radius 1 is 0.377 bits per heavy atom. The van der Waals surface area contributed by atoms with Gasteiger partial charge in [0.25, 0.3) is 23.6 Å². The Balaban J connectivity index is 0.000000116. The van der Waals surface area contributed by atoms with Crippen LogP contribution < -0.4 is 40.9 Å². The van der Waals surface area contributed by atoms with E-state index in [-0.39, 0.29) is 35.0 Å². The molecule has 4 saturated heterocycles. The van der Waals surface area contributed by atoms with E-state index in [1.54, 1.807) is 47.4 Å². The highest BCUT2D eigenvalue weighted by Crippen LogP contribution is 2.40. The molecule has 4 fully saturated rings. The normalized spacial score (nSPS) is 17.6. The fourth-order valence-corrected chi connectivity index (χ4v) is 18.7. The molecular formula is C93H101F3N22O4. The number of piperidine rings is 2. The molecule has 4 aromatic carbocycles. The zero-order chi connectivity index (χ0) is 85.1. The van der Waals surface area contributed by atoms with E-state index in [1.165, 1.54) is 25.0 Å². The van der Waals surface area contributed by atoms with Gasteiger partial charge in [-0.3, -0.25) is 36.8 Å². The van der Waals surface area contributed by atoms with Crippen LogP contribution in [0.3, 0.4) is 0 Å². The van der Waals surface area contributed by atoms with E-state index in [0.717, 1.165) is 187 Å². The lowest BCUT2D eigenvalue weighted by molar-refractivity contribution is 0.0948. The van der Waals surface area contributed by atoms with Crippen molar-refractivity contribution in [2.45, 2.75) is 74.1 Å². The molecule has 12 aromatic heterocycles. The second-order valence-corrected chi connectivity index (χ2v) is 33.3. The zero-order valence-corrected chi connectivity index (χ0v) is 70.7. The first-order chi connectivity index (χ1) is 59.1. The van der Waals surface area contributed by atoms with Crippen LogP contribution in [-0.4, -0.2) is 211 Å². The van der Waals surface area contributed by atoms with Crippen LogP contribution >= 0.6 is 0 Å². The third kappa shape index (κ3) is 15.4. The summed E-state index contributed by atoms with van der Waals surface area (Å²) >= 11 is 0. The molecule has 4 aliphatic rings. The third-order valence-electron chi connectivity index (χ3n) is 24.1. The Morgan fingerprint density at radius 3 is 1.16 bits per heavy atom. The molecular weight excluding hydrogens is 1550 g/mol. The maximum atomic E-state index is 14.1. The second-order valence-electron chi connectivity index (χ2n) is 33.3. The Hall–Kier alpha value is -12.9. The van der Waals surface area contributed by atoms with Crippen LogP contribution in [0.1, 0.15) is 114 Å². The number of para-hydroxylation sites is 2. The molecule has 0 aliphatic carbocycles. The molecule has 16 aromatic rings. The Kier molecular flexibility index (Phi) is 22.7. The van der Waals surface area contributed by atoms with Crippen molar-refractivity contribution in [3.8, 4) is 0 Å². The van der Waals surface area contributed by atoms with Gasteiger partial charge in [0.2, 0.25) is 0 Å². The van der Waals surface area contributed by atoms with Crippen molar-refractivity contribution in [1.82, 2.24) is 88.5 Å². The molecule has 29 heteroatoms. The molecule has 122 heavy (non-hydrogen) atoms. The van der Waals surface area contributed by atoms with Gasteiger partial charge >= 0.3 is 0 Å². The largest absolute Gasteiger partial charge is 0.370 e. The average molecular weight is 1650 g/mol. The lowest BCUT2D eigenvalue weighted by atomic mass is 9.91. The number of carbonyl (C=O) groups is 4. The standard InChI is InChI=1S/C24H28N6O.C24H27N5O.C23H24FN5O.C22H22F2N6O/c1-4-25-24(31)18-15-17-20(29-11-5-10-28(3)12-13-29)8-9-26-22(17)30-21-14-16(2)6-7-19(21)27-23(18)30;1-4-25-24(30)18-12-17-20(28-13-15(2)11-16(3)14-28)9-10-26-22(17)29-21-8-6-5-7-19(21)27-23(18)29;1-13-8-14(2)12-28(11-13)19-6-7-26-21-16(19)10-17(23(30)25-3)22-27-18-5-4-15(24)9-20(18)29(21)22;1-25-22(31)14-10-13-18(29-7-3-6-28(2)8-9-29)4-5-26-20(13)30-19-12-16(24)15(23)11-17(19)27-21(14)30/h6-9,14-15H,4-5,10-13H2,1-3H3,(H,25,31);5-10,12,15-16H,4,11,13-14H2,1-3H3,(H,25,30);4-7,9-10,13-14H,8,11-12H2,1-3H3,(H,25,30);4-5,10-12H,3,6-9H2,1-2H3,(H,25,31)/t;15-,16+;13-,14+;.